The number of amides is 1. The molecule has 5 heteroatoms. The quantitative estimate of drug-likeness (QED) is 0.794. The second-order valence-electron chi connectivity index (χ2n) is 4.73. The van der Waals surface area contributed by atoms with Crippen LogP contribution in [0, 0.1) is 0 Å². The Hall–Kier alpha value is -2.59. The molecule has 3 rings (SSSR count). The summed E-state index contributed by atoms with van der Waals surface area (Å²) >= 11 is 6.00. The summed E-state index contributed by atoms with van der Waals surface area (Å²) < 4.78 is 5.03. The first-order valence-electron chi connectivity index (χ1n) is 6.74. The van der Waals surface area contributed by atoms with Crippen molar-refractivity contribution in [2.24, 2.45) is 0 Å². The third-order valence-electron chi connectivity index (χ3n) is 3.21. The molecule has 0 aliphatic heterocycles. The summed E-state index contributed by atoms with van der Waals surface area (Å²) in [4.78, 5) is 16.4. The van der Waals surface area contributed by atoms with E-state index in [9.17, 15) is 4.79 Å². The number of carbonyl (C=O) groups is 1. The molecule has 0 fully saturated rings. The van der Waals surface area contributed by atoms with E-state index in [0.717, 1.165) is 16.8 Å². The SMILES string of the molecule is O=C(NCc1ccc(-c2ccoc2)nc1)c1ccccc1Cl. The van der Waals surface area contributed by atoms with Gasteiger partial charge in [0.25, 0.3) is 5.91 Å². The maximum Gasteiger partial charge on any atom is 0.253 e. The van der Waals surface area contributed by atoms with Gasteiger partial charge in [0, 0.05) is 18.3 Å². The van der Waals surface area contributed by atoms with Crippen molar-refractivity contribution in [2.45, 2.75) is 6.54 Å². The lowest BCUT2D eigenvalue weighted by atomic mass is 10.2. The fourth-order valence-electron chi connectivity index (χ4n) is 2.03. The van der Waals surface area contributed by atoms with Gasteiger partial charge in [-0.05, 0) is 29.8 Å². The van der Waals surface area contributed by atoms with Crippen molar-refractivity contribution in [2.75, 3.05) is 0 Å². The molecule has 3 aromatic rings. The molecule has 0 atom stereocenters. The fourth-order valence-corrected chi connectivity index (χ4v) is 2.25. The van der Waals surface area contributed by atoms with Crippen molar-refractivity contribution in [3.63, 3.8) is 0 Å². The predicted molar refractivity (Wildman–Crippen MR) is 84.6 cm³/mol. The number of rotatable bonds is 4. The Balaban J connectivity index is 1.64. The van der Waals surface area contributed by atoms with Crippen LogP contribution in [-0.4, -0.2) is 10.9 Å². The molecule has 2 aromatic heterocycles. The minimum atomic E-state index is -0.204. The molecular weight excluding hydrogens is 300 g/mol. The van der Waals surface area contributed by atoms with Crippen molar-refractivity contribution in [1.29, 1.82) is 0 Å². The summed E-state index contributed by atoms with van der Waals surface area (Å²) in [6.07, 6.45) is 4.98. The molecule has 0 aliphatic carbocycles. The lowest BCUT2D eigenvalue weighted by Gasteiger charge is -2.07. The minimum absolute atomic E-state index is 0.204. The lowest BCUT2D eigenvalue weighted by Crippen LogP contribution is -2.23. The summed E-state index contributed by atoms with van der Waals surface area (Å²) in [6.45, 7) is 0.392. The number of carbonyl (C=O) groups excluding carboxylic acids is 1. The number of hydrogen-bond donors (Lipinski definition) is 1. The van der Waals surface area contributed by atoms with Crippen LogP contribution in [0.1, 0.15) is 15.9 Å². The Morgan fingerprint density at radius 3 is 2.73 bits per heavy atom. The molecule has 0 aliphatic rings. The molecule has 2 heterocycles. The fraction of sp³-hybridized carbons (Fsp3) is 0.0588. The summed E-state index contributed by atoms with van der Waals surface area (Å²) in [7, 11) is 0. The molecule has 0 spiro atoms. The summed E-state index contributed by atoms with van der Waals surface area (Å²) in [5, 5.41) is 3.27. The largest absolute Gasteiger partial charge is 0.472 e. The molecule has 0 saturated carbocycles. The van der Waals surface area contributed by atoms with Gasteiger partial charge < -0.3 is 9.73 Å². The highest BCUT2D eigenvalue weighted by atomic mass is 35.5. The van der Waals surface area contributed by atoms with Crippen molar-refractivity contribution in [3.05, 3.63) is 77.3 Å². The van der Waals surface area contributed by atoms with Crippen LogP contribution in [-0.2, 0) is 6.54 Å². The van der Waals surface area contributed by atoms with Crippen LogP contribution >= 0.6 is 11.6 Å². The first kappa shape index (κ1) is 14.4. The molecule has 0 bridgehead atoms. The van der Waals surface area contributed by atoms with Gasteiger partial charge >= 0.3 is 0 Å². The van der Waals surface area contributed by atoms with E-state index in [1.54, 1.807) is 43.0 Å². The summed E-state index contributed by atoms with van der Waals surface area (Å²) in [6, 6.07) is 12.6. The van der Waals surface area contributed by atoms with Crippen molar-refractivity contribution in [3.8, 4) is 11.3 Å². The van der Waals surface area contributed by atoms with Gasteiger partial charge in [-0.3, -0.25) is 9.78 Å². The Bertz CT molecular complexity index is 768. The predicted octanol–water partition coefficient (Wildman–Crippen LogP) is 3.93. The summed E-state index contributed by atoms with van der Waals surface area (Å²) in [5.74, 6) is -0.204. The zero-order chi connectivity index (χ0) is 15.4. The molecule has 1 amide bonds. The smallest absolute Gasteiger partial charge is 0.253 e. The van der Waals surface area contributed by atoms with E-state index < -0.39 is 0 Å². The van der Waals surface area contributed by atoms with Crippen LogP contribution in [0.2, 0.25) is 5.02 Å². The molecule has 110 valence electrons. The van der Waals surface area contributed by atoms with E-state index in [4.69, 9.17) is 16.0 Å². The Morgan fingerprint density at radius 1 is 1.18 bits per heavy atom. The number of aromatic nitrogens is 1. The highest BCUT2D eigenvalue weighted by Gasteiger charge is 2.09. The summed E-state index contributed by atoms with van der Waals surface area (Å²) in [5.41, 5.74) is 3.13. The Labute approximate surface area is 132 Å². The molecule has 0 saturated heterocycles. The topological polar surface area (TPSA) is 55.1 Å². The molecule has 4 nitrogen and oxygen atoms in total. The van der Waals surface area contributed by atoms with Gasteiger partial charge in [0.15, 0.2) is 0 Å². The van der Waals surface area contributed by atoms with Gasteiger partial charge in [0.05, 0.1) is 28.8 Å². The lowest BCUT2D eigenvalue weighted by molar-refractivity contribution is 0.0951. The number of nitrogens with zero attached hydrogens (tertiary/aromatic N) is 1. The number of pyridine rings is 1. The van der Waals surface area contributed by atoms with E-state index >= 15 is 0 Å². The van der Waals surface area contributed by atoms with Gasteiger partial charge in [-0.25, -0.2) is 0 Å². The molecule has 0 radical (unpaired) electrons. The number of halogens is 1. The van der Waals surface area contributed by atoms with Gasteiger partial charge in [-0.2, -0.15) is 0 Å². The highest BCUT2D eigenvalue weighted by Crippen LogP contribution is 2.17. The normalized spacial score (nSPS) is 10.4. The van der Waals surface area contributed by atoms with Crippen LogP contribution in [0.4, 0.5) is 0 Å². The number of furan rings is 1. The molecule has 22 heavy (non-hydrogen) atoms. The average Bonchev–Trinajstić information content (AvgIpc) is 3.08. The number of benzene rings is 1. The Morgan fingerprint density at radius 2 is 2.05 bits per heavy atom. The molecule has 0 unspecified atom stereocenters. The van der Waals surface area contributed by atoms with Crippen LogP contribution < -0.4 is 5.32 Å². The van der Waals surface area contributed by atoms with Crippen LogP contribution in [0.15, 0.2) is 65.6 Å². The van der Waals surface area contributed by atoms with E-state index in [0.29, 0.717) is 17.1 Å². The van der Waals surface area contributed by atoms with E-state index in [1.165, 1.54) is 0 Å². The van der Waals surface area contributed by atoms with Crippen LogP contribution in [0.5, 0.6) is 0 Å². The third-order valence-corrected chi connectivity index (χ3v) is 3.54. The first-order chi connectivity index (χ1) is 10.7. The monoisotopic (exact) mass is 312 g/mol. The van der Waals surface area contributed by atoms with Gasteiger partial charge in [-0.1, -0.05) is 29.8 Å². The average molecular weight is 313 g/mol. The zero-order valence-corrected chi connectivity index (χ0v) is 12.4. The maximum absolute atomic E-state index is 12.1. The van der Waals surface area contributed by atoms with Crippen LogP contribution in [0.25, 0.3) is 11.3 Å². The second kappa shape index (κ2) is 6.45. The first-order valence-corrected chi connectivity index (χ1v) is 7.12. The second-order valence-corrected chi connectivity index (χ2v) is 5.13. The van der Waals surface area contributed by atoms with Crippen LogP contribution in [0.3, 0.4) is 0 Å². The number of nitrogens with one attached hydrogen (secondary N) is 1. The van der Waals surface area contributed by atoms with Gasteiger partial charge in [-0.15, -0.1) is 0 Å². The van der Waals surface area contributed by atoms with E-state index in [2.05, 4.69) is 10.3 Å². The molecule has 1 aromatic carbocycles. The van der Waals surface area contributed by atoms with E-state index in [1.807, 2.05) is 18.2 Å². The molecular formula is C17H13ClN2O2. The van der Waals surface area contributed by atoms with Crippen molar-refractivity contribution < 1.29 is 9.21 Å². The Kier molecular flexibility index (Phi) is 4.21. The third kappa shape index (κ3) is 3.18. The minimum Gasteiger partial charge on any atom is -0.472 e. The van der Waals surface area contributed by atoms with Gasteiger partial charge in [0.1, 0.15) is 0 Å². The zero-order valence-electron chi connectivity index (χ0n) is 11.6. The highest BCUT2D eigenvalue weighted by molar-refractivity contribution is 6.33. The standard InChI is InChI=1S/C17H13ClN2O2/c18-15-4-2-1-3-14(15)17(21)20-10-12-5-6-16(19-9-12)13-7-8-22-11-13/h1-9,11H,10H2,(H,20,21). The number of hydrogen-bond acceptors (Lipinski definition) is 3. The van der Waals surface area contributed by atoms with E-state index in [-0.39, 0.29) is 5.91 Å². The van der Waals surface area contributed by atoms with Gasteiger partial charge in [0.2, 0.25) is 0 Å². The van der Waals surface area contributed by atoms with Crippen molar-refractivity contribution in [1.82, 2.24) is 10.3 Å². The molecule has 1 N–H and O–H groups in total. The maximum atomic E-state index is 12.1. The van der Waals surface area contributed by atoms with Crippen molar-refractivity contribution >= 4 is 17.5 Å².